The van der Waals surface area contributed by atoms with Crippen LogP contribution in [0.25, 0.3) is 10.9 Å². The van der Waals surface area contributed by atoms with E-state index >= 15 is 0 Å². The van der Waals surface area contributed by atoms with Crippen LogP contribution in [0.5, 0.6) is 5.75 Å². The number of rotatable bonds is 6. The number of amides is 1. The summed E-state index contributed by atoms with van der Waals surface area (Å²) < 4.78 is 15.3. The summed E-state index contributed by atoms with van der Waals surface area (Å²) in [6, 6.07) is 5.35. The lowest BCUT2D eigenvalue weighted by atomic mass is 10.2. The Balaban J connectivity index is 1.78. The molecule has 1 aliphatic heterocycles. The molecule has 2 N–H and O–H groups in total. The lowest BCUT2D eigenvalue weighted by molar-refractivity contribution is -0.116. The molecule has 1 aromatic heterocycles. The van der Waals surface area contributed by atoms with Gasteiger partial charge in [-0.05, 0) is 12.1 Å². The predicted molar refractivity (Wildman–Crippen MR) is 96.7 cm³/mol. The fourth-order valence-electron chi connectivity index (χ4n) is 2.97. The fourth-order valence-corrected chi connectivity index (χ4v) is 2.97. The molecule has 2 heterocycles. The summed E-state index contributed by atoms with van der Waals surface area (Å²) >= 11 is 0. The number of carbonyl (C=O) groups excluding carboxylic acids is 2. The number of carbonyl (C=O) groups is 2. The van der Waals surface area contributed by atoms with Crippen LogP contribution in [0.1, 0.15) is 16.9 Å². The molecule has 0 unspecified atom stereocenters. The lowest BCUT2D eigenvalue weighted by Gasteiger charge is -2.26. The number of nitrogens with zero attached hydrogens (tertiary/aromatic N) is 1. The molecule has 8 nitrogen and oxygen atoms in total. The topological polar surface area (TPSA) is 92.9 Å². The van der Waals surface area contributed by atoms with Crippen LogP contribution in [0.4, 0.5) is 5.69 Å². The van der Waals surface area contributed by atoms with Crippen molar-refractivity contribution in [2.75, 3.05) is 52.4 Å². The van der Waals surface area contributed by atoms with E-state index in [1.54, 1.807) is 25.3 Å². The van der Waals surface area contributed by atoms with Gasteiger partial charge in [-0.15, -0.1) is 0 Å². The van der Waals surface area contributed by atoms with E-state index in [4.69, 9.17) is 14.2 Å². The van der Waals surface area contributed by atoms with Crippen molar-refractivity contribution in [3.8, 4) is 5.75 Å². The third kappa shape index (κ3) is 3.97. The Morgan fingerprint density at radius 1 is 1.27 bits per heavy atom. The minimum absolute atomic E-state index is 0.154. The smallest absolute Gasteiger partial charge is 0.356 e. The van der Waals surface area contributed by atoms with Crippen LogP contribution in [0.15, 0.2) is 18.2 Å². The summed E-state index contributed by atoms with van der Waals surface area (Å²) in [5.74, 6) is -0.0395. The molecular formula is C18H23N3O5. The minimum Gasteiger partial charge on any atom is -0.497 e. The Morgan fingerprint density at radius 2 is 2.04 bits per heavy atom. The molecule has 26 heavy (non-hydrogen) atoms. The Morgan fingerprint density at radius 3 is 2.73 bits per heavy atom. The number of methoxy groups -OCH3 is 2. The van der Waals surface area contributed by atoms with Gasteiger partial charge in [0.25, 0.3) is 0 Å². The highest BCUT2D eigenvalue weighted by Gasteiger charge is 2.21. The quantitative estimate of drug-likeness (QED) is 0.760. The van der Waals surface area contributed by atoms with Crippen molar-refractivity contribution in [2.45, 2.75) is 6.42 Å². The standard InChI is InChI=1S/C18H23N3O5/c1-24-12-3-4-13-14(11-12)19-17(18(23)25-2)16(13)20-15(22)5-6-21-7-9-26-10-8-21/h3-4,11,19H,5-10H2,1-2H3,(H,20,22). The monoisotopic (exact) mass is 361 g/mol. The molecular weight excluding hydrogens is 338 g/mol. The van der Waals surface area contributed by atoms with Crippen LogP contribution < -0.4 is 10.1 Å². The van der Waals surface area contributed by atoms with Crippen LogP contribution in [0.2, 0.25) is 0 Å². The number of aromatic amines is 1. The van der Waals surface area contributed by atoms with Gasteiger partial charge in [-0.1, -0.05) is 0 Å². The first-order valence-corrected chi connectivity index (χ1v) is 8.50. The highest BCUT2D eigenvalue weighted by Crippen LogP contribution is 2.31. The van der Waals surface area contributed by atoms with Gasteiger partial charge < -0.3 is 24.5 Å². The molecule has 140 valence electrons. The van der Waals surface area contributed by atoms with Crippen molar-refractivity contribution in [1.82, 2.24) is 9.88 Å². The van der Waals surface area contributed by atoms with Crippen molar-refractivity contribution in [1.29, 1.82) is 0 Å². The van der Waals surface area contributed by atoms with E-state index in [1.807, 2.05) is 0 Å². The fraction of sp³-hybridized carbons (Fsp3) is 0.444. The summed E-state index contributed by atoms with van der Waals surface area (Å²) in [5, 5.41) is 3.58. The number of morpholine rings is 1. The van der Waals surface area contributed by atoms with E-state index in [2.05, 4.69) is 15.2 Å². The Bertz CT molecular complexity index is 795. The number of esters is 1. The van der Waals surface area contributed by atoms with Gasteiger partial charge in [0.1, 0.15) is 11.4 Å². The van der Waals surface area contributed by atoms with Gasteiger partial charge in [0.05, 0.1) is 38.6 Å². The van der Waals surface area contributed by atoms with Gasteiger partial charge >= 0.3 is 5.97 Å². The summed E-state index contributed by atoms with van der Waals surface area (Å²) in [4.78, 5) is 29.7. The van der Waals surface area contributed by atoms with Crippen LogP contribution in [0, 0.1) is 0 Å². The third-order valence-electron chi connectivity index (χ3n) is 4.42. The van der Waals surface area contributed by atoms with Gasteiger partial charge in [-0.3, -0.25) is 9.69 Å². The number of hydrogen-bond acceptors (Lipinski definition) is 6. The molecule has 1 aliphatic rings. The number of ether oxygens (including phenoxy) is 3. The summed E-state index contributed by atoms with van der Waals surface area (Å²) in [6.07, 6.45) is 0.337. The highest BCUT2D eigenvalue weighted by atomic mass is 16.5. The first kappa shape index (κ1) is 18.2. The second-order valence-corrected chi connectivity index (χ2v) is 6.03. The van der Waals surface area contributed by atoms with Crippen LogP contribution in [0.3, 0.4) is 0 Å². The molecule has 0 saturated carbocycles. The predicted octanol–water partition coefficient (Wildman–Crippen LogP) is 1.62. The van der Waals surface area contributed by atoms with E-state index in [9.17, 15) is 9.59 Å². The maximum atomic E-state index is 12.4. The molecule has 0 spiro atoms. The summed E-state index contributed by atoms with van der Waals surface area (Å²) in [5.41, 5.74) is 1.34. The maximum Gasteiger partial charge on any atom is 0.356 e. The van der Waals surface area contributed by atoms with Crippen molar-refractivity contribution in [3.63, 3.8) is 0 Å². The number of hydrogen-bond donors (Lipinski definition) is 2. The van der Waals surface area contributed by atoms with Gasteiger partial charge in [-0.25, -0.2) is 4.79 Å². The number of H-pyrrole nitrogens is 1. The average Bonchev–Trinajstić information content (AvgIpc) is 3.04. The molecule has 0 bridgehead atoms. The molecule has 0 radical (unpaired) electrons. The maximum absolute atomic E-state index is 12.4. The van der Waals surface area contributed by atoms with E-state index in [-0.39, 0.29) is 11.6 Å². The molecule has 1 fully saturated rings. The van der Waals surface area contributed by atoms with Crippen LogP contribution in [-0.2, 0) is 14.3 Å². The lowest BCUT2D eigenvalue weighted by Crippen LogP contribution is -2.38. The van der Waals surface area contributed by atoms with Gasteiger partial charge in [0.2, 0.25) is 5.91 Å². The number of aromatic nitrogens is 1. The normalized spacial score (nSPS) is 15.0. The zero-order valence-electron chi connectivity index (χ0n) is 15.0. The van der Waals surface area contributed by atoms with Gasteiger partial charge in [0.15, 0.2) is 0 Å². The molecule has 0 atom stereocenters. The van der Waals surface area contributed by atoms with E-state index in [0.717, 1.165) is 18.5 Å². The van der Waals surface area contributed by atoms with Crippen molar-refractivity contribution >= 4 is 28.5 Å². The molecule has 1 saturated heterocycles. The third-order valence-corrected chi connectivity index (χ3v) is 4.42. The van der Waals surface area contributed by atoms with E-state index in [1.165, 1.54) is 7.11 Å². The average molecular weight is 361 g/mol. The van der Waals surface area contributed by atoms with Crippen LogP contribution >= 0.6 is 0 Å². The number of nitrogens with one attached hydrogen (secondary N) is 2. The Hall–Kier alpha value is -2.58. The summed E-state index contributed by atoms with van der Waals surface area (Å²) in [7, 11) is 2.87. The minimum atomic E-state index is -0.538. The first-order valence-electron chi connectivity index (χ1n) is 8.50. The van der Waals surface area contributed by atoms with E-state index in [0.29, 0.717) is 43.1 Å². The number of benzene rings is 1. The van der Waals surface area contributed by atoms with Gasteiger partial charge in [0, 0.05) is 37.5 Å². The highest BCUT2D eigenvalue weighted by molar-refractivity contribution is 6.11. The molecule has 2 aromatic rings. The van der Waals surface area contributed by atoms with Crippen molar-refractivity contribution in [3.05, 3.63) is 23.9 Å². The summed E-state index contributed by atoms with van der Waals surface area (Å²) in [6.45, 7) is 3.69. The molecule has 0 aliphatic carbocycles. The first-order chi connectivity index (χ1) is 12.6. The largest absolute Gasteiger partial charge is 0.497 e. The van der Waals surface area contributed by atoms with Crippen molar-refractivity contribution in [2.24, 2.45) is 0 Å². The van der Waals surface area contributed by atoms with E-state index < -0.39 is 5.97 Å². The number of fused-ring (bicyclic) bond motifs is 1. The molecule has 1 amide bonds. The molecule has 8 heteroatoms. The molecule has 3 rings (SSSR count). The zero-order valence-corrected chi connectivity index (χ0v) is 15.0. The molecule has 1 aromatic carbocycles. The Kier molecular flexibility index (Phi) is 5.75. The second kappa shape index (κ2) is 8.20. The van der Waals surface area contributed by atoms with Crippen molar-refractivity contribution < 1.29 is 23.8 Å². The Labute approximate surface area is 151 Å². The van der Waals surface area contributed by atoms with Crippen LogP contribution in [-0.4, -0.2) is 68.8 Å². The van der Waals surface area contributed by atoms with Gasteiger partial charge in [-0.2, -0.15) is 0 Å². The number of anilines is 1. The SMILES string of the molecule is COC(=O)c1[nH]c2cc(OC)ccc2c1NC(=O)CCN1CCOCC1. The zero-order chi connectivity index (χ0) is 18.5. The second-order valence-electron chi connectivity index (χ2n) is 6.03.